The van der Waals surface area contributed by atoms with Crippen molar-refractivity contribution in [3.05, 3.63) is 71.2 Å². The minimum atomic E-state index is -0.264. The molecule has 0 atom stereocenters. The third-order valence-electron chi connectivity index (χ3n) is 4.78. The highest BCUT2D eigenvalue weighted by molar-refractivity contribution is 5.94. The molecular formula is C23H26FN3O2. The largest absolute Gasteiger partial charge is 0.494 e. The summed E-state index contributed by atoms with van der Waals surface area (Å²) in [7, 11) is 1.81. The molecular weight excluding hydrogens is 369 g/mol. The SMILES string of the molecule is CCOc1ccc(C(=O)N(C)CCCc2cc(-c3ccc(F)cc3)n[nH]2)cc1C. The van der Waals surface area contributed by atoms with E-state index in [1.165, 1.54) is 12.1 Å². The molecule has 152 valence electrons. The molecule has 1 aromatic heterocycles. The zero-order valence-electron chi connectivity index (χ0n) is 17.0. The Labute approximate surface area is 170 Å². The van der Waals surface area contributed by atoms with Crippen LogP contribution in [0.5, 0.6) is 5.75 Å². The van der Waals surface area contributed by atoms with Crippen molar-refractivity contribution in [1.82, 2.24) is 15.1 Å². The summed E-state index contributed by atoms with van der Waals surface area (Å²) in [5.74, 6) is 0.538. The summed E-state index contributed by atoms with van der Waals surface area (Å²) in [6, 6.07) is 13.8. The van der Waals surface area contributed by atoms with Gasteiger partial charge in [0.25, 0.3) is 5.91 Å². The second kappa shape index (κ2) is 9.37. The van der Waals surface area contributed by atoms with Crippen LogP contribution in [0.1, 0.15) is 35.0 Å². The lowest BCUT2D eigenvalue weighted by molar-refractivity contribution is 0.0793. The van der Waals surface area contributed by atoms with Crippen LogP contribution in [0.3, 0.4) is 0 Å². The van der Waals surface area contributed by atoms with E-state index < -0.39 is 0 Å². The lowest BCUT2D eigenvalue weighted by atomic mass is 10.1. The Morgan fingerprint density at radius 1 is 1.17 bits per heavy atom. The second-order valence-corrected chi connectivity index (χ2v) is 7.03. The molecule has 3 aromatic rings. The van der Waals surface area contributed by atoms with Gasteiger partial charge in [-0.3, -0.25) is 9.89 Å². The molecule has 0 saturated heterocycles. The number of benzene rings is 2. The number of aromatic amines is 1. The molecule has 0 bridgehead atoms. The second-order valence-electron chi connectivity index (χ2n) is 7.03. The summed E-state index contributed by atoms with van der Waals surface area (Å²) >= 11 is 0. The molecule has 1 amide bonds. The summed E-state index contributed by atoms with van der Waals surface area (Å²) in [6.45, 7) is 5.12. The number of nitrogens with one attached hydrogen (secondary N) is 1. The first kappa shape index (κ1) is 20.6. The number of carbonyl (C=O) groups excluding carboxylic acids is 1. The van der Waals surface area contributed by atoms with Gasteiger partial charge < -0.3 is 9.64 Å². The molecule has 2 aromatic carbocycles. The number of nitrogens with zero attached hydrogens (tertiary/aromatic N) is 2. The normalized spacial score (nSPS) is 10.8. The van der Waals surface area contributed by atoms with Gasteiger partial charge in [-0.25, -0.2) is 4.39 Å². The third kappa shape index (κ3) is 5.22. The first-order valence-corrected chi connectivity index (χ1v) is 9.77. The van der Waals surface area contributed by atoms with E-state index in [4.69, 9.17) is 4.74 Å². The van der Waals surface area contributed by atoms with E-state index in [9.17, 15) is 9.18 Å². The van der Waals surface area contributed by atoms with Crippen LogP contribution in [-0.4, -0.2) is 41.2 Å². The molecule has 0 radical (unpaired) electrons. The Morgan fingerprint density at radius 2 is 1.93 bits per heavy atom. The van der Waals surface area contributed by atoms with Crippen molar-refractivity contribution in [2.24, 2.45) is 0 Å². The molecule has 0 saturated carbocycles. The highest BCUT2D eigenvalue weighted by Gasteiger charge is 2.13. The molecule has 0 spiro atoms. The van der Waals surface area contributed by atoms with E-state index in [-0.39, 0.29) is 11.7 Å². The van der Waals surface area contributed by atoms with Gasteiger partial charge in [0.1, 0.15) is 11.6 Å². The van der Waals surface area contributed by atoms with E-state index in [1.54, 1.807) is 23.1 Å². The zero-order chi connectivity index (χ0) is 20.8. The van der Waals surface area contributed by atoms with Crippen molar-refractivity contribution in [2.75, 3.05) is 20.2 Å². The maximum absolute atomic E-state index is 13.0. The van der Waals surface area contributed by atoms with Crippen LogP contribution in [0.25, 0.3) is 11.3 Å². The quantitative estimate of drug-likeness (QED) is 0.605. The van der Waals surface area contributed by atoms with E-state index in [1.807, 2.05) is 39.1 Å². The van der Waals surface area contributed by atoms with Crippen LogP contribution in [0.4, 0.5) is 4.39 Å². The average Bonchev–Trinajstić information content (AvgIpc) is 3.18. The van der Waals surface area contributed by atoms with Crippen LogP contribution < -0.4 is 4.74 Å². The summed E-state index contributed by atoms with van der Waals surface area (Å²) in [5, 5.41) is 7.31. The summed E-state index contributed by atoms with van der Waals surface area (Å²) in [6.07, 6.45) is 1.58. The number of carbonyl (C=O) groups is 1. The number of H-pyrrole nitrogens is 1. The topological polar surface area (TPSA) is 58.2 Å². The van der Waals surface area contributed by atoms with Gasteiger partial charge in [-0.05, 0) is 80.8 Å². The van der Waals surface area contributed by atoms with Crippen molar-refractivity contribution in [1.29, 1.82) is 0 Å². The predicted octanol–water partition coefficient (Wildman–Crippen LogP) is 4.63. The fraction of sp³-hybridized carbons (Fsp3) is 0.304. The van der Waals surface area contributed by atoms with Crippen molar-refractivity contribution < 1.29 is 13.9 Å². The standard InChI is InChI=1S/C23H26FN3O2/c1-4-29-22-12-9-18(14-16(22)2)23(28)27(3)13-5-6-20-15-21(26-25-20)17-7-10-19(24)11-8-17/h7-12,14-15H,4-6,13H2,1-3H3,(H,25,26). The Hall–Kier alpha value is -3.15. The van der Waals surface area contributed by atoms with Crippen molar-refractivity contribution >= 4 is 5.91 Å². The zero-order valence-corrected chi connectivity index (χ0v) is 17.0. The van der Waals surface area contributed by atoms with Crippen LogP contribution in [0.2, 0.25) is 0 Å². The first-order chi connectivity index (χ1) is 14.0. The minimum absolute atomic E-state index is 0.00670. The molecule has 0 aliphatic rings. The molecule has 0 aliphatic carbocycles. The van der Waals surface area contributed by atoms with Gasteiger partial charge in [-0.15, -0.1) is 0 Å². The van der Waals surface area contributed by atoms with Gasteiger partial charge in [0.15, 0.2) is 0 Å². The summed E-state index contributed by atoms with van der Waals surface area (Å²) in [5.41, 5.74) is 4.26. The van der Waals surface area contributed by atoms with Gasteiger partial charge in [-0.2, -0.15) is 5.10 Å². The summed E-state index contributed by atoms with van der Waals surface area (Å²) in [4.78, 5) is 14.4. The number of rotatable bonds is 8. The van der Waals surface area contributed by atoms with Gasteiger partial charge >= 0.3 is 0 Å². The lowest BCUT2D eigenvalue weighted by Crippen LogP contribution is -2.28. The van der Waals surface area contributed by atoms with Gasteiger partial charge in [0.2, 0.25) is 0 Å². The Bertz CT molecular complexity index is 967. The number of hydrogen-bond acceptors (Lipinski definition) is 3. The predicted molar refractivity (Wildman–Crippen MR) is 112 cm³/mol. The number of hydrogen-bond donors (Lipinski definition) is 1. The van der Waals surface area contributed by atoms with Gasteiger partial charge in [0, 0.05) is 30.4 Å². The summed E-state index contributed by atoms with van der Waals surface area (Å²) < 4.78 is 18.6. The maximum Gasteiger partial charge on any atom is 0.253 e. The molecule has 1 heterocycles. The highest BCUT2D eigenvalue weighted by atomic mass is 19.1. The van der Waals surface area contributed by atoms with Crippen molar-refractivity contribution in [3.63, 3.8) is 0 Å². The van der Waals surface area contributed by atoms with E-state index >= 15 is 0 Å². The van der Waals surface area contributed by atoms with Crippen LogP contribution in [-0.2, 0) is 6.42 Å². The Morgan fingerprint density at radius 3 is 2.62 bits per heavy atom. The van der Waals surface area contributed by atoms with Gasteiger partial charge in [-0.1, -0.05) is 0 Å². The maximum atomic E-state index is 13.0. The van der Waals surface area contributed by atoms with Crippen LogP contribution >= 0.6 is 0 Å². The average molecular weight is 395 g/mol. The molecule has 0 fully saturated rings. The number of ether oxygens (including phenoxy) is 1. The number of amides is 1. The highest BCUT2D eigenvalue weighted by Crippen LogP contribution is 2.21. The number of halogens is 1. The fourth-order valence-corrected chi connectivity index (χ4v) is 3.19. The molecule has 1 N–H and O–H groups in total. The molecule has 0 unspecified atom stereocenters. The van der Waals surface area contributed by atoms with E-state index in [0.29, 0.717) is 18.7 Å². The molecule has 3 rings (SSSR count). The van der Waals surface area contributed by atoms with Crippen LogP contribution in [0.15, 0.2) is 48.5 Å². The van der Waals surface area contributed by atoms with Gasteiger partial charge in [0.05, 0.1) is 12.3 Å². The third-order valence-corrected chi connectivity index (χ3v) is 4.78. The van der Waals surface area contributed by atoms with Crippen molar-refractivity contribution in [3.8, 4) is 17.0 Å². The Balaban J connectivity index is 1.53. The minimum Gasteiger partial charge on any atom is -0.494 e. The monoisotopic (exact) mass is 395 g/mol. The smallest absolute Gasteiger partial charge is 0.253 e. The molecule has 5 nitrogen and oxygen atoms in total. The van der Waals surface area contributed by atoms with Crippen molar-refractivity contribution in [2.45, 2.75) is 26.7 Å². The lowest BCUT2D eigenvalue weighted by Gasteiger charge is -2.18. The van der Waals surface area contributed by atoms with Crippen LogP contribution in [0, 0.1) is 12.7 Å². The molecule has 29 heavy (non-hydrogen) atoms. The van der Waals surface area contributed by atoms with E-state index in [0.717, 1.165) is 41.1 Å². The number of aromatic nitrogens is 2. The first-order valence-electron chi connectivity index (χ1n) is 9.77. The number of aryl methyl sites for hydroxylation is 2. The Kier molecular flexibility index (Phi) is 6.65. The van der Waals surface area contributed by atoms with E-state index in [2.05, 4.69) is 10.2 Å². The molecule has 6 heteroatoms. The molecule has 0 aliphatic heterocycles. The fourth-order valence-electron chi connectivity index (χ4n) is 3.19.